The molecule has 4 heteroatoms. The van der Waals surface area contributed by atoms with Crippen LogP contribution in [0.1, 0.15) is 12.5 Å². The van der Waals surface area contributed by atoms with Gasteiger partial charge in [-0.3, -0.25) is 4.72 Å². The highest BCUT2D eigenvalue weighted by atomic mass is 32.2. The standard InChI is InChI=1S/C10H12FNOS/c1-6-5-13-10-7(2)8(11)3-4-9(10)14-12-6/h3-4,6,12H,5H2,1-2H3. The molecule has 1 aliphatic rings. The number of hydrogen-bond donors (Lipinski definition) is 1. The van der Waals surface area contributed by atoms with Crippen LogP contribution in [-0.4, -0.2) is 12.6 Å². The van der Waals surface area contributed by atoms with Gasteiger partial charge in [0.1, 0.15) is 18.2 Å². The Morgan fingerprint density at radius 3 is 3.14 bits per heavy atom. The predicted octanol–water partition coefficient (Wildman–Crippen LogP) is 2.51. The summed E-state index contributed by atoms with van der Waals surface area (Å²) in [6, 6.07) is 3.49. The Kier molecular flexibility index (Phi) is 2.65. The molecule has 0 aromatic heterocycles. The summed E-state index contributed by atoms with van der Waals surface area (Å²) in [7, 11) is 0. The minimum Gasteiger partial charge on any atom is -0.490 e. The first-order valence-corrected chi connectivity index (χ1v) is 5.34. The number of nitrogens with one attached hydrogen (secondary N) is 1. The summed E-state index contributed by atoms with van der Waals surface area (Å²) < 4.78 is 22.0. The zero-order valence-corrected chi connectivity index (χ0v) is 8.95. The summed E-state index contributed by atoms with van der Waals surface area (Å²) in [5.41, 5.74) is 0.589. The van der Waals surface area contributed by atoms with Gasteiger partial charge in [-0.25, -0.2) is 4.39 Å². The van der Waals surface area contributed by atoms with Crippen LogP contribution in [-0.2, 0) is 0 Å². The first kappa shape index (κ1) is 9.80. The van der Waals surface area contributed by atoms with Gasteiger partial charge >= 0.3 is 0 Å². The molecule has 1 unspecified atom stereocenters. The zero-order valence-electron chi connectivity index (χ0n) is 8.13. The quantitative estimate of drug-likeness (QED) is 0.669. The van der Waals surface area contributed by atoms with Crippen molar-refractivity contribution < 1.29 is 9.13 Å². The maximum Gasteiger partial charge on any atom is 0.140 e. The number of halogens is 1. The van der Waals surface area contributed by atoms with Gasteiger partial charge in [-0.1, -0.05) is 0 Å². The molecule has 1 atom stereocenters. The Hall–Kier alpha value is -0.740. The lowest BCUT2D eigenvalue weighted by atomic mass is 10.2. The van der Waals surface area contributed by atoms with Crippen molar-refractivity contribution in [3.8, 4) is 5.75 Å². The van der Waals surface area contributed by atoms with Gasteiger partial charge in [-0.2, -0.15) is 0 Å². The second-order valence-electron chi connectivity index (χ2n) is 3.43. The van der Waals surface area contributed by atoms with Crippen molar-refractivity contribution in [3.63, 3.8) is 0 Å². The maximum atomic E-state index is 13.2. The third-order valence-electron chi connectivity index (χ3n) is 2.15. The smallest absolute Gasteiger partial charge is 0.140 e. The normalized spacial score (nSPS) is 20.9. The first-order valence-electron chi connectivity index (χ1n) is 4.52. The molecule has 1 aliphatic heterocycles. The van der Waals surface area contributed by atoms with E-state index in [1.165, 1.54) is 18.0 Å². The van der Waals surface area contributed by atoms with Crippen LogP contribution < -0.4 is 9.46 Å². The van der Waals surface area contributed by atoms with Gasteiger partial charge in [-0.15, -0.1) is 0 Å². The number of rotatable bonds is 0. The van der Waals surface area contributed by atoms with Crippen molar-refractivity contribution in [2.24, 2.45) is 0 Å². The van der Waals surface area contributed by atoms with Crippen LogP contribution in [0.3, 0.4) is 0 Å². The van der Waals surface area contributed by atoms with Gasteiger partial charge in [0.25, 0.3) is 0 Å². The van der Waals surface area contributed by atoms with E-state index in [1.807, 2.05) is 6.92 Å². The lowest BCUT2D eigenvalue weighted by Crippen LogP contribution is -2.24. The van der Waals surface area contributed by atoms with E-state index in [2.05, 4.69) is 4.72 Å². The molecule has 76 valence electrons. The molecular formula is C10H12FNOS. The summed E-state index contributed by atoms with van der Waals surface area (Å²) in [5, 5.41) is 0. The molecule has 1 aromatic carbocycles. The highest BCUT2D eigenvalue weighted by molar-refractivity contribution is 7.97. The molecule has 0 spiro atoms. The van der Waals surface area contributed by atoms with Crippen molar-refractivity contribution in [2.75, 3.05) is 6.61 Å². The molecule has 0 bridgehead atoms. The van der Waals surface area contributed by atoms with E-state index in [1.54, 1.807) is 13.0 Å². The van der Waals surface area contributed by atoms with Crippen LogP contribution in [0.25, 0.3) is 0 Å². The van der Waals surface area contributed by atoms with Gasteiger partial charge in [0.2, 0.25) is 0 Å². The minimum atomic E-state index is -0.209. The van der Waals surface area contributed by atoms with Crippen LogP contribution in [0.5, 0.6) is 5.75 Å². The van der Waals surface area contributed by atoms with Crippen LogP contribution in [0.15, 0.2) is 17.0 Å². The van der Waals surface area contributed by atoms with Crippen molar-refractivity contribution in [1.82, 2.24) is 4.72 Å². The Balaban J connectivity index is 2.41. The summed E-state index contributed by atoms with van der Waals surface area (Å²) >= 11 is 1.50. The topological polar surface area (TPSA) is 21.3 Å². The highest BCUT2D eigenvalue weighted by Gasteiger charge is 2.17. The maximum absolute atomic E-state index is 13.2. The van der Waals surface area contributed by atoms with Gasteiger partial charge in [-0.05, 0) is 37.9 Å². The molecule has 0 radical (unpaired) electrons. The minimum absolute atomic E-state index is 0.209. The van der Waals surface area contributed by atoms with Crippen LogP contribution in [0.2, 0.25) is 0 Å². The van der Waals surface area contributed by atoms with Crippen molar-refractivity contribution in [3.05, 3.63) is 23.5 Å². The summed E-state index contributed by atoms with van der Waals surface area (Å²) in [6.45, 7) is 4.35. The van der Waals surface area contributed by atoms with Gasteiger partial charge in [0, 0.05) is 11.6 Å². The SMILES string of the molecule is Cc1c(F)ccc2c1OCC(C)NS2. The molecule has 0 fully saturated rings. The molecule has 14 heavy (non-hydrogen) atoms. The number of benzene rings is 1. The third kappa shape index (κ3) is 1.72. The number of fused-ring (bicyclic) bond motifs is 1. The molecule has 2 nitrogen and oxygen atoms in total. The summed E-state index contributed by atoms with van der Waals surface area (Å²) in [6.07, 6.45) is 0. The van der Waals surface area contributed by atoms with Crippen molar-refractivity contribution >= 4 is 11.9 Å². The van der Waals surface area contributed by atoms with Crippen LogP contribution in [0, 0.1) is 12.7 Å². The number of ether oxygens (including phenoxy) is 1. The second kappa shape index (κ2) is 3.79. The Bertz CT molecular complexity index is 356. The third-order valence-corrected chi connectivity index (χ3v) is 3.21. The average molecular weight is 213 g/mol. The molecule has 0 amide bonds. The van der Waals surface area contributed by atoms with E-state index in [4.69, 9.17) is 4.74 Å². The van der Waals surface area contributed by atoms with E-state index in [0.29, 0.717) is 17.9 Å². The van der Waals surface area contributed by atoms with Crippen molar-refractivity contribution in [2.45, 2.75) is 24.8 Å². The van der Waals surface area contributed by atoms with Gasteiger partial charge in [0.05, 0.1) is 4.90 Å². The van der Waals surface area contributed by atoms with Crippen molar-refractivity contribution in [1.29, 1.82) is 0 Å². The highest BCUT2D eigenvalue weighted by Crippen LogP contribution is 2.34. The lowest BCUT2D eigenvalue weighted by Gasteiger charge is -2.10. The van der Waals surface area contributed by atoms with Gasteiger partial charge < -0.3 is 4.74 Å². The summed E-state index contributed by atoms with van der Waals surface area (Å²) in [5.74, 6) is 0.464. The lowest BCUT2D eigenvalue weighted by molar-refractivity contribution is 0.285. The molecular weight excluding hydrogens is 201 g/mol. The molecule has 0 saturated carbocycles. The largest absolute Gasteiger partial charge is 0.490 e. The van der Waals surface area contributed by atoms with E-state index < -0.39 is 0 Å². The fourth-order valence-corrected chi connectivity index (χ4v) is 2.15. The molecule has 0 saturated heterocycles. The fourth-order valence-electron chi connectivity index (χ4n) is 1.31. The van der Waals surface area contributed by atoms with E-state index >= 15 is 0 Å². The van der Waals surface area contributed by atoms with Gasteiger partial charge in [0.15, 0.2) is 0 Å². The fraction of sp³-hybridized carbons (Fsp3) is 0.400. The predicted molar refractivity (Wildman–Crippen MR) is 55.1 cm³/mol. The number of hydrogen-bond acceptors (Lipinski definition) is 3. The monoisotopic (exact) mass is 213 g/mol. The Labute approximate surface area is 87.0 Å². The van der Waals surface area contributed by atoms with E-state index in [0.717, 1.165) is 4.90 Å². The molecule has 2 rings (SSSR count). The zero-order chi connectivity index (χ0) is 10.1. The molecule has 0 aliphatic carbocycles. The second-order valence-corrected chi connectivity index (χ2v) is 4.31. The molecule has 1 aromatic rings. The molecule has 1 N–H and O–H groups in total. The van der Waals surface area contributed by atoms with Crippen LogP contribution in [0.4, 0.5) is 4.39 Å². The molecule has 1 heterocycles. The first-order chi connectivity index (χ1) is 6.68. The Morgan fingerprint density at radius 1 is 1.57 bits per heavy atom. The van der Waals surface area contributed by atoms with E-state index in [-0.39, 0.29) is 11.9 Å². The Morgan fingerprint density at radius 2 is 2.36 bits per heavy atom. The van der Waals surface area contributed by atoms with E-state index in [9.17, 15) is 4.39 Å². The average Bonchev–Trinajstić information content (AvgIpc) is 2.35. The summed E-state index contributed by atoms with van der Waals surface area (Å²) in [4.78, 5) is 0.952. The van der Waals surface area contributed by atoms with Crippen LogP contribution >= 0.6 is 11.9 Å².